The Kier molecular flexibility index (Phi) is 7.31. The Balaban J connectivity index is 1.73. The van der Waals surface area contributed by atoms with Crippen molar-refractivity contribution in [2.24, 2.45) is 4.99 Å². The number of aryl methyl sites for hydroxylation is 2. The Morgan fingerprint density at radius 2 is 1.93 bits per heavy atom. The minimum atomic E-state index is 0.373. The van der Waals surface area contributed by atoms with E-state index in [9.17, 15) is 0 Å². The molecule has 0 aliphatic carbocycles. The summed E-state index contributed by atoms with van der Waals surface area (Å²) in [5, 5.41) is 10.4. The second-order valence-corrected chi connectivity index (χ2v) is 7.46. The number of hydrogen-bond donors (Lipinski definition) is 4. The highest BCUT2D eigenvalue weighted by molar-refractivity contribution is 7.80. The summed E-state index contributed by atoms with van der Waals surface area (Å²) < 4.78 is 0. The molecule has 0 unspecified atom stereocenters. The molecule has 0 bridgehead atoms. The number of benzene rings is 1. The van der Waals surface area contributed by atoms with E-state index in [0.29, 0.717) is 35.0 Å². The van der Waals surface area contributed by atoms with Gasteiger partial charge in [0.25, 0.3) is 0 Å². The topological polar surface area (TPSA) is 103 Å². The second-order valence-electron chi connectivity index (χ2n) is 6.65. The monoisotopic (exact) mass is 442 g/mol. The summed E-state index contributed by atoms with van der Waals surface area (Å²) in [5.41, 5.74) is 4.44. The molecule has 1 aromatic carbocycles. The summed E-state index contributed by atoms with van der Waals surface area (Å²) in [6.07, 6.45) is 4.12. The van der Waals surface area contributed by atoms with E-state index in [0.717, 1.165) is 28.3 Å². The van der Waals surface area contributed by atoms with E-state index in [1.54, 1.807) is 12.5 Å². The first-order valence-electron chi connectivity index (χ1n) is 9.35. The van der Waals surface area contributed by atoms with Crippen molar-refractivity contribution >= 4 is 46.5 Å². The van der Waals surface area contributed by atoms with Gasteiger partial charge in [0.2, 0.25) is 11.9 Å². The molecule has 0 spiro atoms. The van der Waals surface area contributed by atoms with Crippen molar-refractivity contribution in [2.75, 3.05) is 17.2 Å². The van der Waals surface area contributed by atoms with Gasteiger partial charge in [-0.2, -0.15) is 0 Å². The molecular weight excluding hydrogens is 420 g/mol. The highest BCUT2D eigenvalue weighted by Gasteiger charge is 2.09. The Morgan fingerprint density at radius 1 is 1.17 bits per heavy atom. The van der Waals surface area contributed by atoms with Crippen LogP contribution in [0.3, 0.4) is 0 Å². The Labute approximate surface area is 185 Å². The van der Waals surface area contributed by atoms with Gasteiger partial charge in [-0.3, -0.25) is 10.3 Å². The first-order chi connectivity index (χ1) is 14.4. The van der Waals surface area contributed by atoms with Gasteiger partial charge in [-0.25, -0.2) is 15.0 Å². The lowest BCUT2D eigenvalue weighted by Crippen LogP contribution is -2.39. The molecule has 0 atom stereocenters. The fourth-order valence-electron chi connectivity index (χ4n) is 2.71. The molecule has 0 fully saturated rings. The molecule has 0 saturated carbocycles. The van der Waals surface area contributed by atoms with Gasteiger partial charge in [-0.1, -0.05) is 17.7 Å². The zero-order valence-electron chi connectivity index (χ0n) is 17.0. The highest BCUT2D eigenvalue weighted by atomic mass is 35.5. The molecule has 3 rings (SSSR count). The number of aromatic amines is 1. The zero-order chi connectivity index (χ0) is 21.5. The SMILES string of the molecule is Cc1cc(C)nc(NC(=NCCc2cnc[nH]2)NC(=S)Nc2cccc(Cl)c2C)n1. The van der Waals surface area contributed by atoms with Crippen LogP contribution in [-0.2, 0) is 6.42 Å². The molecule has 156 valence electrons. The van der Waals surface area contributed by atoms with Crippen molar-refractivity contribution < 1.29 is 0 Å². The smallest absolute Gasteiger partial charge is 0.229 e. The van der Waals surface area contributed by atoms with Gasteiger partial charge in [0, 0.05) is 47.0 Å². The number of nitrogens with zero attached hydrogens (tertiary/aromatic N) is 4. The molecule has 0 saturated heterocycles. The average molecular weight is 443 g/mol. The summed E-state index contributed by atoms with van der Waals surface area (Å²) in [6, 6.07) is 7.51. The van der Waals surface area contributed by atoms with Crippen LogP contribution in [0.5, 0.6) is 0 Å². The third-order valence-corrected chi connectivity index (χ3v) is 4.78. The molecular formula is C20H23ClN8S. The van der Waals surface area contributed by atoms with Crippen LogP contribution in [0.15, 0.2) is 41.8 Å². The molecule has 30 heavy (non-hydrogen) atoms. The standard InChI is InChI=1S/C20H23ClN8S/c1-12-9-13(2)26-19(25-12)28-18(23-8-7-15-10-22-11-24-15)29-20(30)27-17-6-4-5-16(21)14(17)3/h4-6,9-11H,7-8H2,1-3H3,(H,22,24)(H3,23,25,26,27,28,29,30). The van der Waals surface area contributed by atoms with E-state index in [-0.39, 0.29) is 0 Å². The van der Waals surface area contributed by atoms with Crippen LogP contribution in [0.1, 0.15) is 22.6 Å². The predicted octanol–water partition coefficient (Wildman–Crippen LogP) is 3.78. The fourth-order valence-corrected chi connectivity index (χ4v) is 3.09. The predicted molar refractivity (Wildman–Crippen MR) is 125 cm³/mol. The summed E-state index contributed by atoms with van der Waals surface area (Å²) in [7, 11) is 0. The summed E-state index contributed by atoms with van der Waals surface area (Å²) in [6.45, 7) is 6.27. The summed E-state index contributed by atoms with van der Waals surface area (Å²) >= 11 is 11.7. The van der Waals surface area contributed by atoms with E-state index in [1.807, 2.05) is 45.0 Å². The van der Waals surface area contributed by atoms with Gasteiger partial charge in [0.15, 0.2) is 5.11 Å². The van der Waals surface area contributed by atoms with Crippen LogP contribution in [0.2, 0.25) is 5.02 Å². The van der Waals surface area contributed by atoms with Crippen LogP contribution < -0.4 is 16.0 Å². The number of guanidine groups is 1. The van der Waals surface area contributed by atoms with Gasteiger partial charge >= 0.3 is 0 Å². The molecule has 2 heterocycles. The van der Waals surface area contributed by atoms with Crippen molar-refractivity contribution in [3.8, 4) is 0 Å². The van der Waals surface area contributed by atoms with Gasteiger partial charge in [0.1, 0.15) is 0 Å². The number of aliphatic imine (C=N–C) groups is 1. The number of thiocarbonyl (C=S) groups is 1. The van der Waals surface area contributed by atoms with Crippen LogP contribution >= 0.6 is 23.8 Å². The van der Waals surface area contributed by atoms with Crippen molar-refractivity contribution in [3.63, 3.8) is 0 Å². The maximum absolute atomic E-state index is 6.19. The van der Waals surface area contributed by atoms with Crippen LogP contribution in [-0.4, -0.2) is 37.6 Å². The number of anilines is 2. The third-order valence-electron chi connectivity index (χ3n) is 4.17. The molecule has 2 aromatic heterocycles. The van der Waals surface area contributed by atoms with Crippen molar-refractivity contribution in [1.29, 1.82) is 0 Å². The zero-order valence-corrected chi connectivity index (χ0v) is 18.5. The van der Waals surface area contributed by atoms with Crippen molar-refractivity contribution in [1.82, 2.24) is 25.3 Å². The number of aromatic nitrogens is 4. The molecule has 0 aliphatic rings. The van der Waals surface area contributed by atoms with Gasteiger partial charge in [-0.15, -0.1) is 0 Å². The molecule has 0 amide bonds. The molecule has 0 aliphatic heterocycles. The first-order valence-corrected chi connectivity index (χ1v) is 10.1. The summed E-state index contributed by atoms with van der Waals surface area (Å²) in [5.74, 6) is 0.888. The number of hydrogen-bond acceptors (Lipinski definition) is 5. The molecule has 3 aromatic rings. The fraction of sp³-hybridized carbons (Fsp3) is 0.250. The van der Waals surface area contributed by atoms with Crippen LogP contribution in [0.4, 0.5) is 11.6 Å². The van der Waals surface area contributed by atoms with E-state index in [2.05, 4.69) is 40.9 Å². The summed E-state index contributed by atoms with van der Waals surface area (Å²) in [4.78, 5) is 20.5. The number of H-pyrrole nitrogens is 1. The second kappa shape index (κ2) is 10.1. The lowest BCUT2D eigenvalue weighted by molar-refractivity contribution is 0.927. The van der Waals surface area contributed by atoms with Gasteiger partial charge < -0.3 is 15.6 Å². The third kappa shape index (κ3) is 6.23. The number of nitrogens with one attached hydrogen (secondary N) is 4. The molecule has 10 heteroatoms. The van der Waals surface area contributed by atoms with Gasteiger partial charge in [-0.05, 0) is 56.8 Å². The van der Waals surface area contributed by atoms with Crippen molar-refractivity contribution in [2.45, 2.75) is 27.2 Å². The number of imidazole rings is 1. The number of halogens is 1. The quantitative estimate of drug-likeness (QED) is 0.271. The van der Waals surface area contributed by atoms with Crippen molar-refractivity contribution in [3.05, 3.63) is 64.5 Å². The van der Waals surface area contributed by atoms with E-state index in [4.69, 9.17) is 23.8 Å². The van der Waals surface area contributed by atoms with E-state index in [1.165, 1.54) is 0 Å². The highest BCUT2D eigenvalue weighted by Crippen LogP contribution is 2.22. The Bertz CT molecular complexity index is 1030. The van der Waals surface area contributed by atoms with E-state index < -0.39 is 0 Å². The maximum atomic E-state index is 6.19. The lowest BCUT2D eigenvalue weighted by Gasteiger charge is -2.15. The van der Waals surface area contributed by atoms with Gasteiger partial charge in [0.05, 0.1) is 6.33 Å². The van der Waals surface area contributed by atoms with E-state index >= 15 is 0 Å². The lowest BCUT2D eigenvalue weighted by atomic mass is 10.2. The average Bonchev–Trinajstić information content (AvgIpc) is 3.18. The van der Waals surface area contributed by atoms with Crippen LogP contribution in [0, 0.1) is 20.8 Å². The minimum absolute atomic E-state index is 0.373. The Morgan fingerprint density at radius 3 is 2.63 bits per heavy atom. The minimum Gasteiger partial charge on any atom is -0.348 e. The maximum Gasteiger partial charge on any atom is 0.229 e. The van der Waals surface area contributed by atoms with Crippen LogP contribution in [0.25, 0.3) is 0 Å². The Hall–Kier alpha value is -3.04. The number of rotatable bonds is 5. The first kappa shape index (κ1) is 21.7. The largest absolute Gasteiger partial charge is 0.348 e. The molecule has 8 nitrogen and oxygen atoms in total. The molecule has 0 radical (unpaired) electrons. The molecule has 4 N–H and O–H groups in total. The normalized spacial score (nSPS) is 11.3.